The molecule has 0 radical (unpaired) electrons. The molecule has 0 amide bonds. The van der Waals surface area contributed by atoms with E-state index >= 15 is 0 Å². The standard InChI is InChI=1S/C7H5F4NO/c8-5-3-4(7(9,10)11)1-2-6(5)12-13/h1-3,12-13H. The molecule has 0 bridgehead atoms. The fraction of sp³-hybridized carbons (Fsp3) is 0.143. The average molecular weight is 195 g/mol. The Labute approximate surface area is 70.8 Å². The molecule has 0 aromatic heterocycles. The molecule has 0 atom stereocenters. The summed E-state index contributed by atoms with van der Waals surface area (Å²) in [5, 5.41) is 8.24. The monoisotopic (exact) mass is 195 g/mol. The molecule has 6 heteroatoms. The van der Waals surface area contributed by atoms with Gasteiger partial charge in [0.25, 0.3) is 0 Å². The van der Waals surface area contributed by atoms with Gasteiger partial charge in [-0.05, 0) is 18.2 Å². The summed E-state index contributed by atoms with van der Waals surface area (Å²) < 4.78 is 48.5. The zero-order chi connectivity index (χ0) is 10.1. The molecule has 0 fully saturated rings. The minimum absolute atomic E-state index is 0.304. The van der Waals surface area contributed by atoms with Gasteiger partial charge < -0.3 is 0 Å². The Morgan fingerprint density at radius 2 is 1.85 bits per heavy atom. The number of halogens is 4. The van der Waals surface area contributed by atoms with E-state index in [4.69, 9.17) is 5.21 Å². The first-order valence-electron chi connectivity index (χ1n) is 3.22. The van der Waals surface area contributed by atoms with Crippen molar-refractivity contribution in [3.8, 4) is 0 Å². The van der Waals surface area contributed by atoms with Crippen LogP contribution in [0.4, 0.5) is 23.2 Å². The Morgan fingerprint density at radius 3 is 2.23 bits per heavy atom. The third-order valence-electron chi connectivity index (χ3n) is 1.42. The van der Waals surface area contributed by atoms with Crippen molar-refractivity contribution < 1.29 is 22.8 Å². The van der Waals surface area contributed by atoms with E-state index in [1.807, 2.05) is 0 Å². The third-order valence-corrected chi connectivity index (χ3v) is 1.42. The minimum Gasteiger partial charge on any atom is -0.291 e. The number of anilines is 1. The van der Waals surface area contributed by atoms with E-state index < -0.39 is 23.2 Å². The van der Waals surface area contributed by atoms with E-state index in [2.05, 4.69) is 0 Å². The van der Waals surface area contributed by atoms with Crippen LogP contribution in [0.15, 0.2) is 18.2 Å². The highest BCUT2D eigenvalue weighted by atomic mass is 19.4. The predicted molar refractivity (Wildman–Crippen MR) is 36.8 cm³/mol. The summed E-state index contributed by atoms with van der Waals surface area (Å²) in [6.45, 7) is 0. The van der Waals surface area contributed by atoms with E-state index in [1.165, 1.54) is 5.48 Å². The predicted octanol–water partition coefficient (Wildman–Crippen LogP) is 2.65. The van der Waals surface area contributed by atoms with Gasteiger partial charge in [0.2, 0.25) is 0 Å². The number of nitrogens with one attached hydrogen (secondary N) is 1. The molecule has 0 saturated heterocycles. The van der Waals surface area contributed by atoms with E-state index in [-0.39, 0.29) is 0 Å². The lowest BCUT2D eigenvalue weighted by molar-refractivity contribution is -0.137. The SMILES string of the molecule is ONc1ccc(C(F)(F)F)cc1F. The molecule has 0 saturated carbocycles. The number of hydrogen-bond donors (Lipinski definition) is 2. The summed E-state index contributed by atoms with van der Waals surface area (Å²) in [6, 6.07) is 1.78. The molecule has 0 aliphatic rings. The first-order valence-corrected chi connectivity index (χ1v) is 3.22. The molecule has 13 heavy (non-hydrogen) atoms. The smallest absolute Gasteiger partial charge is 0.291 e. The lowest BCUT2D eigenvalue weighted by atomic mass is 10.2. The largest absolute Gasteiger partial charge is 0.416 e. The van der Waals surface area contributed by atoms with Gasteiger partial charge in [-0.2, -0.15) is 13.2 Å². The summed E-state index contributed by atoms with van der Waals surface area (Å²) in [6.07, 6.45) is -4.57. The highest BCUT2D eigenvalue weighted by Crippen LogP contribution is 2.30. The van der Waals surface area contributed by atoms with Gasteiger partial charge in [0.1, 0.15) is 5.82 Å². The fourth-order valence-electron chi connectivity index (χ4n) is 0.782. The van der Waals surface area contributed by atoms with Gasteiger partial charge in [-0.3, -0.25) is 10.7 Å². The van der Waals surface area contributed by atoms with Crippen LogP contribution in [0, 0.1) is 5.82 Å². The molecular formula is C7H5F4NO. The lowest BCUT2D eigenvalue weighted by Gasteiger charge is -2.07. The summed E-state index contributed by atoms with van der Waals surface area (Å²) in [5.74, 6) is -1.16. The summed E-state index contributed by atoms with van der Waals surface area (Å²) >= 11 is 0. The van der Waals surface area contributed by atoms with Gasteiger partial charge in [-0.1, -0.05) is 0 Å². The van der Waals surface area contributed by atoms with Crippen molar-refractivity contribution in [3.63, 3.8) is 0 Å². The molecule has 0 aliphatic heterocycles. The van der Waals surface area contributed by atoms with Crippen molar-refractivity contribution in [1.82, 2.24) is 0 Å². The fourth-order valence-corrected chi connectivity index (χ4v) is 0.782. The van der Waals surface area contributed by atoms with Crippen LogP contribution in [0.25, 0.3) is 0 Å². The van der Waals surface area contributed by atoms with Gasteiger partial charge in [-0.25, -0.2) is 4.39 Å². The lowest BCUT2D eigenvalue weighted by Crippen LogP contribution is -2.06. The third kappa shape index (κ3) is 2.09. The van der Waals surface area contributed by atoms with Crippen LogP contribution in [0.3, 0.4) is 0 Å². The second kappa shape index (κ2) is 3.21. The zero-order valence-corrected chi connectivity index (χ0v) is 6.19. The van der Waals surface area contributed by atoms with Crippen LogP contribution in [0.2, 0.25) is 0 Å². The van der Waals surface area contributed by atoms with Crippen LogP contribution in [0.1, 0.15) is 5.56 Å². The van der Waals surface area contributed by atoms with Gasteiger partial charge in [0, 0.05) is 0 Å². The number of benzene rings is 1. The topological polar surface area (TPSA) is 32.3 Å². The van der Waals surface area contributed by atoms with E-state index in [0.29, 0.717) is 12.1 Å². The Bertz CT molecular complexity index is 310. The Hall–Kier alpha value is -1.30. The maximum Gasteiger partial charge on any atom is 0.416 e. The van der Waals surface area contributed by atoms with Crippen molar-refractivity contribution in [1.29, 1.82) is 0 Å². The normalized spacial score (nSPS) is 11.5. The van der Waals surface area contributed by atoms with Crippen molar-refractivity contribution in [2.75, 3.05) is 5.48 Å². The highest BCUT2D eigenvalue weighted by Gasteiger charge is 2.31. The molecule has 0 unspecified atom stereocenters. The van der Waals surface area contributed by atoms with Gasteiger partial charge in [-0.15, -0.1) is 0 Å². The summed E-state index contributed by atoms with van der Waals surface area (Å²) in [7, 11) is 0. The molecule has 1 rings (SSSR count). The zero-order valence-electron chi connectivity index (χ0n) is 6.19. The Morgan fingerprint density at radius 1 is 1.23 bits per heavy atom. The van der Waals surface area contributed by atoms with Gasteiger partial charge in [0.05, 0.1) is 11.3 Å². The molecule has 1 aromatic carbocycles. The second-order valence-corrected chi connectivity index (χ2v) is 2.30. The van der Waals surface area contributed by atoms with Crippen molar-refractivity contribution in [2.45, 2.75) is 6.18 Å². The molecule has 1 aromatic rings. The average Bonchev–Trinajstić information content (AvgIpc) is 2.02. The number of rotatable bonds is 1. The molecular weight excluding hydrogens is 190 g/mol. The van der Waals surface area contributed by atoms with Crippen LogP contribution in [0.5, 0.6) is 0 Å². The highest BCUT2D eigenvalue weighted by molar-refractivity contribution is 5.44. The van der Waals surface area contributed by atoms with Crippen LogP contribution in [-0.2, 0) is 6.18 Å². The van der Waals surface area contributed by atoms with Gasteiger partial charge >= 0.3 is 6.18 Å². The molecule has 2 N–H and O–H groups in total. The summed E-state index contributed by atoms with van der Waals surface area (Å²) in [5.41, 5.74) is -0.0573. The number of alkyl halides is 3. The minimum atomic E-state index is -4.57. The van der Waals surface area contributed by atoms with Crippen molar-refractivity contribution in [3.05, 3.63) is 29.6 Å². The summed E-state index contributed by atoms with van der Waals surface area (Å²) in [4.78, 5) is 0. The van der Waals surface area contributed by atoms with E-state index in [1.54, 1.807) is 0 Å². The molecule has 72 valence electrons. The Kier molecular flexibility index (Phi) is 2.42. The number of hydrogen-bond acceptors (Lipinski definition) is 2. The first-order chi connectivity index (χ1) is 5.95. The molecule has 0 heterocycles. The van der Waals surface area contributed by atoms with E-state index in [0.717, 1.165) is 6.07 Å². The van der Waals surface area contributed by atoms with Crippen molar-refractivity contribution >= 4 is 5.69 Å². The first kappa shape index (κ1) is 9.79. The Balaban J connectivity index is 3.10. The maximum atomic E-state index is 12.7. The van der Waals surface area contributed by atoms with Crippen LogP contribution >= 0.6 is 0 Å². The van der Waals surface area contributed by atoms with Crippen LogP contribution < -0.4 is 5.48 Å². The van der Waals surface area contributed by atoms with Crippen LogP contribution in [-0.4, -0.2) is 5.21 Å². The van der Waals surface area contributed by atoms with Gasteiger partial charge in [0.15, 0.2) is 0 Å². The molecule has 0 spiro atoms. The van der Waals surface area contributed by atoms with E-state index in [9.17, 15) is 17.6 Å². The quantitative estimate of drug-likeness (QED) is 0.533. The maximum absolute atomic E-state index is 12.7. The second-order valence-electron chi connectivity index (χ2n) is 2.30. The molecule has 0 aliphatic carbocycles. The molecule has 2 nitrogen and oxygen atoms in total. The van der Waals surface area contributed by atoms with Crippen molar-refractivity contribution in [2.24, 2.45) is 0 Å².